The van der Waals surface area contributed by atoms with E-state index in [0.717, 1.165) is 37.2 Å². The van der Waals surface area contributed by atoms with Gasteiger partial charge in [-0.25, -0.2) is 0 Å². The van der Waals surface area contributed by atoms with E-state index in [4.69, 9.17) is 4.74 Å². The van der Waals surface area contributed by atoms with Gasteiger partial charge in [0.15, 0.2) is 0 Å². The maximum absolute atomic E-state index is 10.7. The van der Waals surface area contributed by atoms with Gasteiger partial charge in [-0.1, -0.05) is 6.92 Å². The summed E-state index contributed by atoms with van der Waals surface area (Å²) in [6.07, 6.45) is 1.29. The molecule has 0 saturated carbocycles. The van der Waals surface area contributed by atoms with Crippen LogP contribution in [0.5, 0.6) is 0 Å². The predicted octanol–water partition coefficient (Wildman–Crippen LogP) is 2.91. The van der Waals surface area contributed by atoms with Crippen LogP contribution in [0.25, 0.3) is 0 Å². The molecular weight excluding hydrogens is 326 g/mol. The SMILES string of the molecule is CCC(C)(C(O)Cc1sccc1Br)N1CCOCC1. The van der Waals surface area contributed by atoms with Crippen LogP contribution in [0.1, 0.15) is 25.1 Å². The number of hydrogen-bond donors (Lipinski definition) is 1. The number of aliphatic hydroxyl groups excluding tert-OH is 1. The zero-order valence-electron chi connectivity index (χ0n) is 11.6. The Morgan fingerprint density at radius 1 is 1.53 bits per heavy atom. The molecule has 1 fully saturated rings. The molecule has 0 bridgehead atoms. The van der Waals surface area contributed by atoms with Gasteiger partial charge in [0.25, 0.3) is 0 Å². The van der Waals surface area contributed by atoms with Crippen molar-refractivity contribution in [3.63, 3.8) is 0 Å². The highest BCUT2D eigenvalue weighted by Crippen LogP contribution is 2.31. The summed E-state index contributed by atoms with van der Waals surface area (Å²) in [4.78, 5) is 3.60. The third-order valence-electron chi connectivity index (χ3n) is 4.24. The Morgan fingerprint density at radius 2 is 2.21 bits per heavy atom. The van der Waals surface area contributed by atoms with Crippen molar-refractivity contribution in [3.8, 4) is 0 Å². The van der Waals surface area contributed by atoms with Crippen LogP contribution >= 0.6 is 27.3 Å². The van der Waals surface area contributed by atoms with Gasteiger partial charge >= 0.3 is 0 Å². The Hall–Kier alpha value is 0.0600. The Labute approximate surface area is 127 Å². The van der Waals surface area contributed by atoms with Crippen LogP contribution in [-0.4, -0.2) is 48.0 Å². The third kappa shape index (κ3) is 3.39. The zero-order chi connectivity index (χ0) is 13.9. The molecular formula is C14H22BrNO2S. The molecule has 3 nitrogen and oxygen atoms in total. The molecule has 2 heterocycles. The second kappa shape index (κ2) is 6.68. The summed E-state index contributed by atoms with van der Waals surface area (Å²) in [7, 11) is 0. The highest BCUT2D eigenvalue weighted by molar-refractivity contribution is 9.10. The molecule has 19 heavy (non-hydrogen) atoms. The van der Waals surface area contributed by atoms with E-state index >= 15 is 0 Å². The Bertz CT molecular complexity index is 406. The van der Waals surface area contributed by atoms with Crippen molar-refractivity contribution in [3.05, 3.63) is 20.8 Å². The lowest BCUT2D eigenvalue weighted by atomic mass is 9.86. The molecule has 0 amide bonds. The quantitative estimate of drug-likeness (QED) is 0.888. The van der Waals surface area contributed by atoms with E-state index in [1.807, 2.05) is 6.07 Å². The normalized spacial score (nSPS) is 22.1. The molecule has 0 radical (unpaired) electrons. The lowest BCUT2D eigenvalue weighted by Gasteiger charge is -2.45. The first kappa shape index (κ1) is 15.4. The highest BCUT2D eigenvalue weighted by Gasteiger charge is 2.38. The molecule has 108 valence electrons. The second-order valence-corrected chi connectivity index (χ2v) is 7.08. The van der Waals surface area contributed by atoms with Crippen LogP contribution < -0.4 is 0 Å². The van der Waals surface area contributed by atoms with E-state index in [1.54, 1.807) is 11.3 Å². The first-order chi connectivity index (χ1) is 9.08. The number of thiophene rings is 1. The van der Waals surface area contributed by atoms with E-state index < -0.39 is 0 Å². The topological polar surface area (TPSA) is 32.7 Å². The first-order valence-corrected chi connectivity index (χ1v) is 8.48. The van der Waals surface area contributed by atoms with Crippen molar-refractivity contribution in [1.82, 2.24) is 4.90 Å². The van der Waals surface area contributed by atoms with Crippen LogP contribution in [0, 0.1) is 0 Å². The van der Waals surface area contributed by atoms with E-state index in [1.165, 1.54) is 4.88 Å². The predicted molar refractivity (Wildman–Crippen MR) is 82.8 cm³/mol. The standard InChI is InChI=1S/C14H22BrNO2S/c1-3-14(2,16-5-7-18-8-6-16)13(17)10-12-11(15)4-9-19-12/h4,9,13,17H,3,5-8,10H2,1-2H3. The zero-order valence-corrected chi connectivity index (χ0v) is 14.0. The smallest absolute Gasteiger partial charge is 0.0769 e. The second-order valence-electron chi connectivity index (χ2n) is 5.22. The molecule has 0 spiro atoms. The number of aliphatic hydroxyl groups is 1. The lowest BCUT2D eigenvalue weighted by molar-refractivity contribution is -0.0712. The minimum absolute atomic E-state index is 0.173. The Balaban J connectivity index is 2.08. The Morgan fingerprint density at radius 3 is 2.74 bits per heavy atom. The van der Waals surface area contributed by atoms with Crippen molar-refractivity contribution in [2.75, 3.05) is 26.3 Å². The monoisotopic (exact) mass is 347 g/mol. The van der Waals surface area contributed by atoms with Gasteiger partial charge in [0.2, 0.25) is 0 Å². The number of halogens is 1. The fourth-order valence-corrected chi connectivity index (χ4v) is 4.16. The fourth-order valence-electron chi connectivity index (χ4n) is 2.61. The number of ether oxygens (including phenoxy) is 1. The van der Waals surface area contributed by atoms with Gasteiger partial charge in [-0.3, -0.25) is 4.90 Å². The fraction of sp³-hybridized carbons (Fsp3) is 0.714. The molecule has 2 unspecified atom stereocenters. The average Bonchev–Trinajstić information content (AvgIpc) is 2.84. The molecule has 1 aliphatic heterocycles. The Kier molecular flexibility index (Phi) is 5.43. The number of rotatable bonds is 5. The van der Waals surface area contributed by atoms with Crippen LogP contribution in [-0.2, 0) is 11.2 Å². The van der Waals surface area contributed by atoms with Crippen molar-refractivity contribution in [1.29, 1.82) is 0 Å². The molecule has 1 aliphatic rings. The van der Waals surface area contributed by atoms with E-state index in [2.05, 4.69) is 40.1 Å². The molecule has 1 aromatic rings. The molecule has 5 heteroatoms. The van der Waals surface area contributed by atoms with Crippen molar-refractivity contribution in [2.24, 2.45) is 0 Å². The largest absolute Gasteiger partial charge is 0.391 e. The van der Waals surface area contributed by atoms with Crippen LogP contribution in [0.15, 0.2) is 15.9 Å². The van der Waals surface area contributed by atoms with Gasteiger partial charge in [0, 0.05) is 34.4 Å². The van der Waals surface area contributed by atoms with Gasteiger partial charge < -0.3 is 9.84 Å². The van der Waals surface area contributed by atoms with Crippen molar-refractivity contribution in [2.45, 2.75) is 38.3 Å². The summed E-state index contributed by atoms with van der Waals surface area (Å²) < 4.78 is 6.52. The number of morpholine rings is 1. The number of hydrogen-bond acceptors (Lipinski definition) is 4. The van der Waals surface area contributed by atoms with Gasteiger partial charge in [-0.05, 0) is 40.7 Å². The first-order valence-electron chi connectivity index (χ1n) is 6.80. The maximum atomic E-state index is 10.7. The molecule has 0 aliphatic carbocycles. The molecule has 1 N–H and O–H groups in total. The van der Waals surface area contributed by atoms with Gasteiger partial charge in [0.1, 0.15) is 0 Å². The van der Waals surface area contributed by atoms with E-state index in [0.29, 0.717) is 6.42 Å². The molecule has 2 rings (SSSR count). The molecule has 1 saturated heterocycles. The number of nitrogens with zero attached hydrogens (tertiary/aromatic N) is 1. The molecule has 2 atom stereocenters. The minimum atomic E-state index is -0.356. The van der Waals surface area contributed by atoms with Gasteiger partial charge in [-0.15, -0.1) is 11.3 Å². The van der Waals surface area contributed by atoms with Crippen LogP contribution in [0.3, 0.4) is 0 Å². The summed E-state index contributed by atoms with van der Waals surface area (Å²) in [5.74, 6) is 0. The summed E-state index contributed by atoms with van der Waals surface area (Å²) in [6, 6.07) is 2.05. The summed E-state index contributed by atoms with van der Waals surface area (Å²) in [5, 5.41) is 12.8. The highest BCUT2D eigenvalue weighted by atomic mass is 79.9. The molecule has 1 aromatic heterocycles. The van der Waals surface area contributed by atoms with Crippen LogP contribution in [0.2, 0.25) is 0 Å². The summed E-state index contributed by atoms with van der Waals surface area (Å²) >= 11 is 5.25. The van der Waals surface area contributed by atoms with Gasteiger partial charge in [0.05, 0.1) is 19.3 Å². The minimum Gasteiger partial charge on any atom is -0.391 e. The van der Waals surface area contributed by atoms with Gasteiger partial charge in [-0.2, -0.15) is 0 Å². The molecule has 0 aromatic carbocycles. The average molecular weight is 348 g/mol. The van der Waals surface area contributed by atoms with E-state index in [-0.39, 0.29) is 11.6 Å². The van der Waals surface area contributed by atoms with E-state index in [9.17, 15) is 5.11 Å². The maximum Gasteiger partial charge on any atom is 0.0769 e. The third-order valence-corrected chi connectivity index (χ3v) is 6.19. The summed E-state index contributed by atoms with van der Waals surface area (Å²) in [6.45, 7) is 7.68. The van der Waals surface area contributed by atoms with Crippen LogP contribution in [0.4, 0.5) is 0 Å². The van der Waals surface area contributed by atoms with Crippen molar-refractivity contribution < 1.29 is 9.84 Å². The van der Waals surface area contributed by atoms with Crippen molar-refractivity contribution >= 4 is 27.3 Å². The summed E-state index contributed by atoms with van der Waals surface area (Å²) in [5.41, 5.74) is -0.173. The lowest BCUT2D eigenvalue weighted by Crippen LogP contribution is -2.58.